The molecule has 5 atom stereocenters. The van der Waals surface area contributed by atoms with Crippen LogP contribution < -0.4 is 15.8 Å². The number of aromatic hydroxyl groups is 1. The fourth-order valence-corrected chi connectivity index (χ4v) is 5.64. The van der Waals surface area contributed by atoms with Crippen LogP contribution in [0.3, 0.4) is 0 Å². The number of aryl methyl sites for hydroxylation is 1. The number of guanidine groups is 1. The van der Waals surface area contributed by atoms with Gasteiger partial charge in [-0.25, -0.2) is 0 Å². The van der Waals surface area contributed by atoms with Gasteiger partial charge in [0.05, 0.1) is 12.2 Å². The minimum atomic E-state index is -0.539. The van der Waals surface area contributed by atoms with Crippen molar-refractivity contribution in [1.82, 2.24) is 5.32 Å². The molecule has 0 radical (unpaired) electrons. The van der Waals surface area contributed by atoms with Crippen LogP contribution in [0, 0.1) is 17.8 Å². The second-order valence-electron chi connectivity index (χ2n) is 10.7. The average Bonchev–Trinajstić information content (AvgIpc) is 3.36. The van der Waals surface area contributed by atoms with Crippen LogP contribution in [-0.4, -0.2) is 54.0 Å². The van der Waals surface area contributed by atoms with Gasteiger partial charge in [0.15, 0.2) is 17.5 Å². The molecule has 1 aromatic rings. The van der Waals surface area contributed by atoms with E-state index in [1.54, 1.807) is 13.1 Å². The van der Waals surface area contributed by atoms with Gasteiger partial charge in [0.25, 0.3) is 0 Å². The standard InChI is InChI=1S/C28H45N3O5/c1-18-8-11-21(15-22(18)17-31-28(29)30-3)26(34)16-24(35-19(2)32)12-9-20-10-13-25(33)27(14-20)36-23-6-4-5-7-23/h10,13-14,18,21-24,26,33-34H,4-9,11-12,15-17H2,1-3H3,(H3,29,30,31). The predicted molar refractivity (Wildman–Crippen MR) is 141 cm³/mol. The van der Waals surface area contributed by atoms with E-state index in [-0.39, 0.29) is 29.8 Å². The Morgan fingerprint density at radius 3 is 2.69 bits per heavy atom. The lowest BCUT2D eigenvalue weighted by molar-refractivity contribution is -0.148. The monoisotopic (exact) mass is 503 g/mol. The zero-order valence-electron chi connectivity index (χ0n) is 22.1. The number of ether oxygens (including phenoxy) is 2. The highest BCUT2D eigenvalue weighted by molar-refractivity contribution is 5.77. The maximum atomic E-state index is 11.8. The van der Waals surface area contributed by atoms with Gasteiger partial charge in [-0.15, -0.1) is 0 Å². The molecule has 2 saturated carbocycles. The molecule has 5 N–H and O–H groups in total. The third-order valence-corrected chi connectivity index (χ3v) is 7.95. The van der Waals surface area contributed by atoms with Crippen molar-refractivity contribution >= 4 is 11.9 Å². The molecule has 3 rings (SSSR count). The molecule has 36 heavy (non-hydrogen) atoms. The average molecular weight is 504 g/mol. The number of carbonyl (C=O) groups is 1. The Hall–Kier alpha value is -2.48. The number of nitrogens with two attached hydrogens (primary N) is 1. The van der Waals surface area contributed by atoms with Gasteiger partial charge in [0.2, 0.25) is 0 Å². The fraction of sp³-hybridized carbons (Fsp3) is 0.714. The zero-order chi connectivity index (χ0) is 26.1. The Morgan fingerprint density at radius 1 is 1.25 bits per heavy atom. The highest BCUT2D eigenvalue weighted by atomic mass is 16.5. The Bertz CT molecular complexity index is 871. The van der Waals surface area contributed by atoms with Gasteiger partial charge < -0.3 is 30.7 Å². The van der Waals surface area contributed by atoms with E-state index >= 15 is 0 Å². The molecule has 0 amide bonds. The Balaban J connectivity index is 1.56. The van der Waals surface area contributed by atoms with Crippen LogP contribution in [-0.2, 0) is 16.0 Å². The summed E-state index contributed by atoms with van der Waals surface area (Å²) in [6.07, 6.45) is 8.21. The summed E-state index contributed by atoms with van der Waals surface area (Å²) < 4.78 is 11.6. The van der Waals surface area contributed by atoms with Crippen LogP contribution in [0.1, 0.15) is 77.2 Å². The first-order chi connectivity index (χ1) is 17.2. The molecule has 1 aromatic carbocycles. The molecule has 2 aliphatic rings. The number of benzene rings is 1. The van der Waals surface area contributed by atoms with Gasteiger partial charge in [-0.1, -0.05) is 19.4 Å². The van der Waals surface area contributed by atoms with Crippen molar-refractivity contribution in [1.29, 1.82) is 0 Å². The molecule has 0 spiro atoms. The summed E-state index contributed by atoms with van der Waals surface area (Å²) >= 11 is 0. The van der Waals surface area contributed by atoms with Crippen molar-refractivity contribution in [2.24, 2.45) is 28.5 Å². The molecule has 2 aliphatic carbocycles. The number of aliphatic hydroxyl groups excluding tert-OH is 1. The highest BCUT2D eigenvalue weighted by Gasteiger charge is 2.33. The van der Waals surface area contributed by atoms with Gasteiger partial charge >= 0.3 is 5.97 Å². The molecule has 0 aromatic heterocycles. The zero-order valence-corrected chi connectivity index (χ0v) is 22.1. The Labute approximate surface area is 215 Å². The quantitative estimate of drug-likeness (QED) is 0.205. The second-order valence-corrected chi connectivity index (χ2v) is 10.7. The molecule has 8 heteroatoms. The summed E-state index contributed by atoms with van der Waals surface area (Å²) in [4.78, 5) is 15.8. The van der Waals surface area contributed by atoms with Gasteiger partial charge in [0.1, 0.15) is 6.10 Å². The Morgan fingerprint density at radius 2 is 2.00 bits per heavy atom. The normalized spacial score (nSPS) is 24.8. The summed E-state index contributed by atoms with van der Waals surface area (Å²) in [5.74, 6) is 1.88. The number of nitrogens with one attached hydrogen (secondary N) is 1. The van der Waals surface area contributed by atoms with E-state index in [9.17, 15) is 15.0 Å². The van der Waals surface area contributed by atoms with E-state index in [2.05, 4.69) is 17.2 Å². The van der Waals surface area contributed by atoms with Crippen molar-refractivity contribution in [3.05, 3.63) is 23.8 Å². The fourth-order valence-electron chi connectivity index (χ4n) is 5.64. The predicted octanol–water partition coefficient (Wildman–Crippen LogP) is 3.92. The molecule has 0 saturated heterocycles. The van der Waals surface area contributed by atoms with Crippen molar-refractivity contribution in [2.75, 3.05) is 13.6 Å². The van der Waals surface area contributed by atoms with E-state index in [0.29, 0.717) is 42.8 Å². The largest absolute Gasteiger partial charge is 0.504 e. The van der Waals surface area contributed by atoms with E-state index in [0.717, 1.165) is 57.1 Å². The summed E-state index contributed by atoms with van der Waals surface area (Å²) in [5, 5.41) is 24.5. The molecule has 5 unspecified atom stereocenters. The number of aliphatic hydroxyl groups is 1. The molecule has 202 valence electrons. The lowest BCUT2D eigenvalue weighted by Gasteiger charge is -2.37. The van der Waals surface area contributed by atoms with Crippen LogP contribution in [0.5, 0.6) is 11.5 Å². The van der Waals surface area contributed by atoms with Crippen molar-refractivity contribution in [3.63, 3.8) is 0 Å². The van der Waals surface area contributed by atoms with Crippen molar-refractivity contribution in [2.45, 2.75) is 96.4 Å². The third-order valence-electron chi connectivity index (χ3n) is 7.95. The first kappa shape index (κ1) is 28.1. The molecule has 0 aliphatic heterocycles. The first-order valence-electron chi connectivity index (χ1n) is 13.5. The number of aliphatic imine (C=N–C) groups is 1. The minimum Gasteiger partial charge on any atom is -0.504 e. The topological polar surface area (TPSA) is 126 Å². The summed E-state index contributed by atoms with van der Waals surface area (Å²) in [5.41, 5.74) is 6.82. The molecular weight excluding hydrogens is 458 g/mol. The van der Waals surface area contributed by atoms with Crippen LogP contribution in [0.25, 0.3) is 0 Å². The number of phenolic OH excluding ortho intramolecular Hbond substituents is 1. The molecule has 8 nitrogen and oxygen atoms in total. The smallest absolute Gasteiger partial charge is 0.302 e. The number of hydrogen-bond acceptors (Lipinski definition) is 6. The van der Waals surface area contributed by atoms with Crippen molar-refractivity contribution in [3.8, 4) is 11.5 Å². The van der Waals surface area contributed by atoms with E-state index in [4.69, 9.17) is 15.2 Å². The van der Waals surface area contributed by atoms with E-state index in [1.807, 2.05) is 12.1 Å². The number of esters is 1. The highest BCUT2D eigenvalue weighted by Crippen LogP contribution is 2.37. The molecule has 0 heterocycles. The summed E-state index contributed by atoms with van der Waals surface area (Å²) in [6.45, 7) is 4.41. The van der Waals surface area contributed by atoms with Gasteiger partial charge in [-0.05, 0) is 86.8 Å². The minimum absolute atomic E-state index is 0.153. The summed E-state index contributed by atoms with van der Waals surface area (Å²) in [6, 6.07) is 5.44. The lowest BCUT2D eigenvalue weighted by Crippen LogP contribution is -2.41. The number of phenols is 1. The third kappa shape index (κ3) is 8.57. The van der Waals surface area contributed by atoms with Crippen molar-refractivity contribution < 1.29 is 24.5 Å². The Kier molecular flexibility index (Phi) is 10.7. The molecule has 2 fully saturated rings. The van der Waals surface area contributed by atoms with Crippen LogP contribution in [0.4, 0.5) is 0 Å². The van der Waals surface area contributed by atoms with Crippen LogP contribution in [0.2, 0.25) is 0 Å². The SMILES string of the molecule is CN=C(N)NCC1CC(C(O)CC(CCc2ccc(O)c(OC3CCCC3)c2)OC(C)=O)CCC1C. The number of carbonyl (C=O) groups excluding carboxylic acids is 1. The number of hydrogen-bond donors (Lipinski definition) is 4. The van der Waals surface area contributed by atoms with Gasteiger partial charge in [0, 0.05) is 26.9 Å². The molecule has 0 bridgehead atoms. The second kappa shape index (κ2) is 13.7. The van der Waals surface area contributed by atoms with E-state index in [1.165, 1.54) is 6.92 Å². The van der Waals surface area contributed by atoms with Crippen LogP contribution >= 0.6 is 0 Å². The van der Waals surface area contributed by atoms with Gasteiger partial charge in [-0.2, -0.15) is 0 Å². The maximum absolute atomic E-state index is 11.8. The van der Waals surface area contributed by atoms with Crippen LogP contribution in [0.15, 0.2) is 23.2 Å². The molecular formula is C28H45N3O5. The maximum Gasteiger partial charge on any atom is 0.302 e. The van der Waals surface area contributed by atoms with E-state index < -0.39 is 6.10 Å². The first-order valence-corrected chi connectivity index (χ1v) is 13.5. The number of nitrogens with zero attached hydrogens (tertiary/aromatic N) is 1. The van der Waals surface area contributed by atoms with Gasteiger partial charge in [-0.3, -0.25) is 9.79 Å². The lowest BCUT2D eigenvalue weighted by atomic mass is 9.72. The summed E-state index contributed by atoms with van der Waals surface area (Å²) in [7, 11) is 1.66. The number of rotatable bonds is 11.